The Kier molecular flexibility index (Phi) is 8.08. The van der Waals surface area contributed by atoms with Crippen LogP contribution in [0.2, 0.25) is 0 Å². The van der Waals surface area contributed by atoms with E-state index in [0.29, 0.717) is 5.25 Å². The Morgan fingerprint density at radius 1 is 1.27 bits per heavy atom. The second-order valence-electron chi connectivity index (χ2n) is 5.07. The average molecular weight is 333 g/mol. The molecule has 22 heavy (non-hydrogen) atoms. The second kappa shape index (κ2) is 9.55. The van der Waals surface area contributed by atoms with Gasteiger partial charge in [0.1, 0.15) is 5.25 Å². The van der Waals surface area contributed by atoms with E-state index in [0.717, 1.165) is 25.7 Å². The third-order valence-corrected chi connectivity index (χ3v) is 4.78. The standard InChI is InChI=1S/C14H23NO6S/c1-3-12(16)20-9(2)21-14(19)15-8-11(13(17)18)22-10-6-4-5-7-10/h9-11H,3-8H2,1-2H3,(H,15,19)(H,17,18)/t9-,11+/m1/s1. The Balaban J connectivity index is 2.32. The van der Waals surface area contributed by atoms with Crippen LogP contribution in [0.5, 0.6) is 0 Å². The predicted octanol–water partition coefficient (Wildman–Crippen LogP) is 2.14. The van der Waals surface area contributed by atoms with Crippen molar-refractivity contribution in [3.05, 3.63) is 0 Å². The minimum absolute atomic E-state index is 0.0240. The molecule has 8 heteroatoms. The smallest absolute Gasteiger partial charge is 0.410 e. The van der Waals surface area contributed by atoms with E-state index >= 15 is 0 Å². The first-order chi connectivity index (χ1) is 10.4. The molecule has 2 atom stereocenters. The zero-order chi connectivity index (χ0) is 16.5. The summed E-state index contributed by atoms with van der Waals surface area (Å²) in [6, 6.07) is 0. The van der Waals surface area contributed by atoms with Crippen molar-refractivity contribution >= 4 is 29.8 Å². The largest absolute Gasteiger partial charge is 0.480 e. The summed E-state index contributed by atoms with van der Waals surface area (Å²) < 4.78 is 9.62. The summed E-state index contributed by atoms with van der Waals surface area (Å²) in [5, 5.41) is 11.2. The van der Waals surface area contributed by atoms with Gasteiger partial charge in [0.15, 0.2) is 0 Å². The van der Waals surface area contributed by atoms with Gasteiger partial charge in [0.25, 0.3) is 0 Å². The number of hydrogen-bond acceptors (Lipinski definition) is 6. The van der Waals surface area contributed by atoms with Crippen LogP contribution in [0.25, 0.3) is 0 Å². The number of ether oxygens (including phenoxy) is 2. The maximum atomic E-state index is 11.6. The fraction of sp³-hybridized carbons (Fsp3) is 0.786. The minimum Gasteiger partial charge on any atom is -0.480 e. The molecule has 0 bridgehead atoms. The van der Waals surface area contributed by atoms with Crippen molar-refractivity contribution in [3.63, 3.8) is 0 Å². The molecule has 1 fully saturated rings. The number of carbonyl (C=O) groups is 3. The molecule has 1 aliphatic rings. The van der Waals surface area contributed by atoms with Crippen molar-refractivity contribution in [3.8, 4) is 0 Å². The van der Waals surface area contributed by atoms with Crippen molar-refractivity contribution in [1.29, 1.82) is 0 Å². The molecule has 0 radical (unpaired) electrons. The predicted molar refractivity (Wildman–Crippen MR) is 81.6 cm³/mol. The van der Waals surface area contributed by atoms with Crippen LogP contribution in [0.4, 0.5) is 4.79 Å². The third-order valence-electron chi connectivity index (χ3n) is 3.23. The van der Waals surface area contributed by atoms with Crippen LogP contribution in [0.1, 0.15) is 46.0 Å². The van der Waals surface area contributed by atoms with E-state index in [-0.39, 0.29) is 13.0 Å². The Morgan fingerprint density at radius 3 is 2.45 bits per heavy atom. The van der Waals surface area contributed by atoms with E-state index in [2.05, 4.69) is 5.32 Å². The molecule has 0 aliphatic heterocycles. The first-order valence-electron chi connectivity index (χ1n) is 7.44. The normalized spacial score (nSPS) is 17.5. The number of esters is 1. The van der Waals surface area contributed by atoms with Gasteiger partial charge in [-0.2, -0.15) is 0 Å². The highest BCUT2D eigenvalue weighted by Gasteiger charge is 2.26. The van der Waals surface area contributed by atoms with Gasteiger partial charge in [0.05, 0.1) is 0 Å². The van der Waals surface area contributed by atoms with E-state index in [1.54, 1.807) is 6.92 Å². The number of rotatable bonds is 8. The number of carbonyl (C=O) groups excluding carboxylic acids is 2. The van der Waals surface area contributed by atoms with Crippen LogP contribution in [0.3, 0.4) is 0 Å². The number of hydrogen-bond donors (Lipinski definition) is 2. The number of carboxylic acids is 1. The van der Waals surface area contributed by atoms with Crippen LogP contribution in [0.15, 0.2) is 0 Å². The first kappa shape index (κ1) is 18.6. The van der Waals surface area contributed by atoms with Gasteiger partial charge < -0.3 is 19.9 Å². The van der Waals surface area contributed by atoms with E-state index in [1.807, 2.05) is 0 Å². The van der Waals surface area contributed by atoms with Crippen molar-refractivity contribution < 1.29 is 29.0 Å². The summed E-state index contributed by atoms with van der Waals surface area (Å²) in [5.74, 6) is -1.43. The number of alkyl carbamates (subject to hydrolysis) is 1. The molecule has 0 aromatic heterocycles. The van der Waals surface area contributed by atoms with Crippen LogP contribution >= 0.6 is 11.8 Å². The Labute approximate surface area is 134 Å². The molecule has 126 valence electrons. The number of thioether (sulfide) groups is 1. The van der Waals surface area contributed by atoms with Crippen molar-refractivity contribution in [2.75, 3.05) is 6.54 Å². The van der Waals surface area contributed by atoms with E-state index in [4.69, 9.17) is 9.47 Å². The van der Waals surface area contributed by atoms with Crippen molar-refractivity contribution in [2.24, 2.45) is 0 Å². The summed E-state index contributed by atoms with van der Waals surface area (Å²) >= 11 is 1.38. The Morgan fingerprint density at radius 2 is 1.91 bits per heavy atom. The zero-order valence-electron chi connectivity index (χ0n) is 12.9. The number of aliphatic carboxylic acids is 1. The quantitative estimate of drug-likeness (QED) is 0.518. The highest BCUT2D eigenvalue weighted by molar-refractivity contribution is 8.01. The zero-order valence-corrected chi connectivity index (χ0v) is 13.7. The molecule has 0 aromatic rings. The molecule has 0 saturated heterocycles. The van der Waals surface area contributed by atoms with Crippen molar-refractivity contribution in [2.45, 2.75) is 62.7 Å². The number of amides is 1. The first-order valence-corrected chi connectivity index (χ1v) is 8.38. The van der Waals surface area contributed by atoms with Crippen LogP contribution in [-0.2, 0) is 19.1 Å². The van der Waals surface area contributed by atoms with Crippen LogP contribution in [-0.4, -0.2) is 46.5 Å². The molecule has 7 nitrogen and oxygen atoms in total. The topological polar surface area (TPSA) is 102 Å². The van der Waals surface area contributed by atoms with Gasteiger partial charge in [-0.25, -0.2) is 4.79 Å². The van der Waals surface area contributed by atoms with Crippen LogP contribution < -0.4 is 5.32 Å². The van der Waals surface area contributed by atoms with Gasteiger partial charge in [-0.3, -0.25) is 9.59 Å². The maximum absolute atomic E-state index is 11.6. The maximum Gasteiger partial charge on any atom is 0.410 e. The SMILES string of the molecule is CCC(=O)O[C@@H](C)OC(=O)NC[C@H](SC1CCCC1)C(=O)O. The highest BCUT2D eigenvalue weighted by Crippen LogP contribution is 2.32. The highest BCUT2D eigenvalue weighted by atomic mass is 32.2. The molecule has 0 spiro atoms. The molecule has 0 heterocycles. The molecule has 1 saturated carbocycles. The van der Waals surface area contributed by atoms with E-state index in [9.17, 15) is 19.5 Å². The molecule has 1 amide bonds. The van der Waals surface area contributed by atoms with Gasteiger partial charge >= 0.3 is 18.0 Å². The third kappa shape index (κ3) is 7.02. The summed E-state index contributed by atoms with van der Waals surface area (Å²) in [5.41, 5.74) is 0. The molecule has 1 aliphatic carbocycles. The number of carboxylic acid groups (broad SMARTS) is 1. The lowest BCUT2D eigenvalue weighted by atomic mass is 10.4. The Bertz CT molecular complexity index is 397. The Hall–Kier alpha value is -1.44. The minimum atomic E-state index is -1.00. The molecule has 2 N–H and O–H groups in total. The average Bonchev–Trinajstić information content (AvgIpc) is 2.95. The van der Waals surface area contributed by atoms with Gasteiger partial charge in [0, 0.05) is 25.1 Å². The summed E-state index contributed by atoms with van der Waals surface area (Å²) in [6.45, 7) is 3.03. The second-order valence-corrected chi connectivity index (χ2v) is 6.57. The summed E-state index contributed by atoms with van der Waals surface area (Å²) in [6.07, 6.45) is 2.67. The van der Waals surface area contributed by atoms with Crippen LogP contribution in [0, 0.1) is 0 Å². The van der Waals surface area contributed by atoms with Gasteiger partial charge in [0.2, 0.25) is 6.29 Å². The fourth-order valence-electron chi connectivity index (χ4n) is 2.11. The van der Waals surface area contributed by atoms with E-state index < -0.39 is 29.6 Å². The molecular formula is C14H23NO6S. The molecule has 0 unspecified atom stereocenters. The number of nitrogens with one attached hydrogen (secondary N) is 1. The summed E-state index contributed by atoms with van der Waals surface area (Å²) in [7, 11) is 0. The molecule has 1 rings (SSSR count). The lowest BCUT2D eigenvalue weighted by Gasteiger charge is -2.18. The lowest BCUT2D eigenvalue weighted by Crippen LogP contribution is -2.37. The van der Waals surface area contributed by atoms with Gasteiger partial charge in [-0.15, -0.1) is 11.8 Å². The van der Waals surface area contributed by atoms with Gasteiger partial charge in [-0.05, 0) is 12.8 Å². The summed E-state index contributed by atoms with van der Waals surface area (Å²) in [4.78, 5) is 33.8. The lowest BCUT2D eigenvalue weighted by molar-refractivity contribution is -0.164. The molecule has 0 aromatic carbocycles. The van der Waals surface area contributed by atoms with Crippen molar-refractivity contribution in [1.82, 2.24) is 5.32 Å². The fourth-order valence-corrected chi connectivity index (χ4v) is 3.48. The van der Waals surface area contributed by atoms with E-state index in [1.165, 1.54) is 18.7 Å². The molecular weight excluding hydrogens is 310 g/mol. The monoisotopic (exact) mass is 333 g/mol. The van der Waals surface area contributed by atoms with Gasteiger partial charge in [-0.1, -0.05) is 19.8 Å².